The average molecular weight is 370 g/mol. The van der Waals surface area contributed by atoms with Crippen molar-refractivity contribution in [3.8, 4) is 0 Å². The molecule has 6 heteroatoms. The van der Waals surface area contributed by atoms with Gasteiger partial charge in [0.1, 0.15) is 11.9 Å². The molecule has 27 heavy (non-hydrogen) atoms. The van der Waals surface area contributed by atoms with Crippen LogP contribution in [0.2, 0.25) is 0 Å². The summed E-state index contributed by atoms with van der Waals surface area (Å²) in [6, 6.07) is 2.63. The van der Waals surface area contributed by atoms with Gasteiger partial charge in [-0.2, -0.15) is 0 Å². The van der Waals surface area contributed by atoms with Crippen LogP contribution < -0.4 is 5.32 Å². The van der Waals surface area contributed by atoms with Gasteiger partial charge in [0.05, 0.1) is 5.56 Å². The standard InChI is InChI=1S/C21H31N5O/c1-15-13-18(16(2)26(15)17-7-5-4-6-8-17)21(27)25-12-9-22-14-19(25)20-23-10-11-24(20)3/h10-11,13,17,19,22H,4-9,12,14H2,1-3H3. The van der Waals surface area contributed by atoms with Crippen molar-refractivity contribution in [1.29, 1.82) is 0 Å². The van der Waals surface area contributed by atoms with Gasteiger partial charge in [-0.05, 0) is 32.8 Å². The number of rotatable bonds is 3. The van der Waals surface area contributed by atoms with Crippen molar-refractivity contribution in [2.24, 2.45) is 7.05 Å². The Bertz CT molecular complexity index is 815. The molecule has 0 bridgehead atoms. The van der Waals surface area contributed by atoms with Gasteiger partial charge in [-0.1, -0.05) is 19.3 Å². The number of amides is 1. The molecule has 1 N–H and O–H groups in total. The molecule has 2 aliphatic rings. The van der Waals surface area contributed by atoms with Crippen LogP contribution in [-0.2, 0) is 7.05 Å². The average Bonchev–Trinajstić information content (AvgIpc) is 3.24. The molecule has 3 heterocycles. The second-order valence-corrected chi connectivity index (χ2v) is 8.06. The van der Waals surface area contributed by atoms with E-state index >= 15 is 0 Å². The molecule has 2 aromatic heterocycles. The molecule has 0 aromatic carbocycles. The fourth-order valence-corrected chi connectivity index (χ4v) is 4.93. The Balaban J connectivity index is 1.64. The van der Waals surface area contributed by atoms with Gasteiger partial charge in [-0.25, -0.2) is 4.98 Å². The van der Waals surface area contributed by atoms with Gasteiger partial charge >= 0.3 is 0 Å². The molecule has 146 valence electrons. The van der Waals surface area contributed by atoms with E-state index in [1.165, 1.54) is 37.8 Å². The Morgan fingerprint density at radius 2 is 2.00 bits per heavy atom. The number of nitrogens with zero attached hydrogens (tertiary/aromatic N) is 4. The molecule has 1 unspecified atom stereocenters. The van der Waals surface area contributed by atoms with Crippen molar-refractivity contribution in [1.82, 2.24) is 24.3 Å². The fourth-order valence-electron chi connectivity index (χ4n) is 4.93. The number of piperazine rings is 1. The molecule has 2 aromatic rings. The maximum Gasteiger partial charge on any atom is 0.256 e. The van der Waals surface area contributed by atoms with Crippen LogP contribution in [0, 0.1) is 13.8 Å². The SMILES string of the molecule is Cc1cc(C(=O)N2CCNCC2c2nccn2C)c(C)n1C1CCCCC1. The first-order valence-electron chi connectivity index (χ1n) is 10.2. The molecule has 0 radical (unpaired) electrons. The minimum Gasteiger partial charge on any atom is -0.345 e. The van der Waals surface area contributed by atoms with Crippen LogP contribution in [0.4, 0.5) is 0 Å². The van der Waals surface area contributed by atoms with Gasteiger partial charge in [0.2, 0.25) is 0 Å². The van der Waals surface area contributed by atoms with E-state index < -0.39 is 0 Å². The van der Waals surface area contributed by atoms with Crippen molar-refractivity contribution in [2.45, 2.75) is 58.0 Å². The Morgan fingerprint density at radius 1 is 1.22 bits per heavy atom. The highest BCUT2D eigenvalue weighted by Crippen LogP contribution is 2.33. The van der Waals surface area contributed by atoms with Crippen molar-refractivity contribution >= 4 is 5.91 Å². The summed E-state index contributed by atoms with van der Waals surface area (Å²) in [5.41, 5.74) is 3.20. The number of carbonyl (C=O) groups excluding carboxylic acids is 1. The summed E-state index contributed by atoms with van der Waals surface area (Å²) in [6.45, 7) is 6.55. The minimum absolute atomic E-state index is 0.0241. The summed E-state index contributed by atoms with van der Waals surface area (Å²) >= 11 is 0. The fraction of sp³-hybridized carbons (Fsp3) is 0.619. The van der Waals surface area contributed by atoms with Crippen molar-refractivity contribution in [3.63, 3.8) is 0 Å². The Labute approximate surface area is 161 Å². The zero-order chi connectivity index (χ0) is 19.0. The summed E-state index contributed by atoms with van der Waals surface area (Å²) in [7, 11) is 1.99. The quantitative estimate of drug-likeness (QED) is 0.904. The topological polar surface area (TPSA) is 55.1 Å². The lowest BCUT2D eigenvalue weighted by molar-refractivity contribution is 0.0620. The molecule has 4 rings (SSSR count). The van der Waals surface area contributed by atoms with Gasteiger partial charge in [0.15, 0.2) is 0 Å². The van der Waals surface area contributed by atoms with E-state index in [2.05, 4.69) is 34.8 Å². The maximum absolute atomic E-state index is 13.5. The van der Waals surface area contributed by atoms with E-state index in [0.717, 1.165) is 30.2 Å². The lowest BCUT2D eigenvalue weighted by atomic mass is 9.95. The summed E-state index contributed by atoms with van der Waals surface area (Å²) in [6.07, 6.45) is 10.1. The van der Waals surface area contributed by atoms with Crippen molar-refractivity contribution < 1.29 is 4.79 Å². The summed E-state index contributed by atoms with van der Waals surface area (Å²) in [5, 5.41) is 3.42. The number of imidazole rings is 1. The third-order valence-electron chi connectivity index (χ3n) is 6.32. The molecule has 1 saturated carbocycles. The highest BCUT2D eigenvalue weighted by molar-refractivity contribution is 5.96. The number of aryl methyl sites for hydroxylation is 2. The zero-order valence-electron chi connectivity index (χ0n) is 16.7. The Morgan fingerprint density at radius 3 is 2.70 bits per heavy atom. The number of hydrogen-bond donors (Lipinski definition) is 1. The van der Waals surface area contributed by atoms with E-state index in [9.17, 15) is 4.79 Å². The number of nitrogens with one attached hydrogen (secondary N) is 1. The highest BCUT2D eigenvalue weighted by Gasteiger charge is 2.33. The van der Waals surface area contributed by atoms with Crippen LogP contribution in [0.15, 0.2) is 18.5 Å². The summed E-state index contributed by atoms with van der Waals surface area (Å²) in [5.74, 6) is 1.08. The molecular weight excluding hydrogens is 338 g/mol. The predicted molar refractivity (Wildman–Crippen MR) is 106 cm³/mol. The first-order valence-corrected chi connectivity index (χ1v) is 10.2. The van der Waals surface area contributed by atoms with Crippen LogP contribution in [-0.4, -0.2) is 44.6 Å². The van der Waals surface area contributed by atoms with Crippen LogP contribution in [0.3, 0.4) is 0 Å². The molecule has 1 aliphatic carbocycles. The summed E-state index contributed by atoms with van der Waals surface area (Å²) in [4.78, 5) is 20.0. The van der Waals surface area contributed by atoms with E-state index in [1.807, 2.05) is 28.9 Å². The van der Waals surface area contributed by atoms with Gasteiger partial charge < -0.3 is 19.4 Å². The van der Waals surface area contributed by atoms with Crippen molar-refractivity contribution in [3.05, 3.63) is 41.2 Å². The van der Waals surface area contributed by atoms with E-state index in [0.29, 0.717) is 12.6 Å². The number of hydrogen-bond acceptors (Lipinski definition) is 3. The molecule has 2 fully saturated rings. The Kier molecular flexibility index (Phi) is 5.08. The van der Waals surface area contributed by atoms with E-state index in [-0.39, 0.29) is 11.9 Å². The molecule has 1 saturated heterocycles. The van der Waals surface area contributed by atoms with E-state index in [4.69, 9.17) is 0 Å². The lowest BCUT2D eigenvalue weighted by Gasteiger charge is -2.36. The smallest absolute Gasteiger partial charge is 0.256 e. The van der Waals surface area contributed by atoms with Gasteiger partial charge in [0.25, 0.3) is 5.91 Å². The van der Waals surface area contributed by atoms with Crippen LogP contribution in [0.25, 0.3) is 0 Å². The molecular formula is C21H31N5O. The first-order chi connectivity index (χ1) is 13.1. The largest absolute Gasteiger partial charge is 0.345 e. The molecule has 1 aliphatic heterocycles. The first kappa shape index (κ1) is 18.3. The van der Waals surface area contributed by atoms with Crippen molar-refractivity contribution in [2.75, 3.05) is 19.6 Å². The second-order valence-electron chi connectivity index (χ2n) is 8.06. The normalized spacial score (nSPS) is 21.6. The summed E-state index contributed by atoms with van der Waals surface area (Å²) < 4.78 is 4.44. The van der Waals surface area contributed by atoms with Crippen LogP contribution >= 0.6 is 0 Å². The second kappa shape index (κ2) is 7.50. The number of aromatic nitrogens is 3. The number of carbonyl (C=O) groups is 1. The molecule has 6 nitrogen and oxygen atoms in total. The third kappa shape index (κ3) is 3.31. The van der Waals surface area contributed by atoms with Crippen LogP contribution in [0.5, 0.6) is 0 Å². The van der Waals surface area contributed by atoms with Gasteiger partial charge in [-0.3, -0.25) is 4.79 Å². The van der Waals surface area contributed by atoms with Crippen LogP contribution in [0.1, 0.15) is 71.8 Å². The molecule has 1 atom stereocenters. The maximum atomic E-state index is 13.5. The predicted octanol–water partition coefficient (Wildman–Crippen LogP) is 3.13. The third-order valence-corrected chi connectivity index (χ3v) is 6.32. The monoisotopic (exact) mass is 369 g/mol. The minimum atomic E-state index is -0.0241. The van der Waals surface area contributed by atoms with Gasteiger partial charge in [-0.15, -0.1) is 0 Å². The van der Waals surface area contributed by atoms with Gasteiger partial charge in [0, 0.05) is 56.5 Å². The highest BCUT2D eigenvalue weighted by atomic mass is 16.2. The zero-order valence-corrected chi connectivity index (χ0v) is 16.7. The molecule has 0 spiro atoms. The Hall–Kier alpha value is -2.08. The molecule has 1 amide bonds. The lowest BCUT2D eigenvalue weighted by Crippen LogP contribution is -2.49. The van der Waals surface area contributed by atoms with E-state index in [1.54, 1.807) is 0 Å².